The number of benzene rings is 1. The van der Waals surface area contributed by atoms with Gasteiger partial charge < -0.3 is 5.73 Å². The summed E-state index contributed by atoms with van der Waals surface area (Å²) in [4.78, 5) is 4.38. The maximum atomic E-state index is 5.76. The van der Waals surface area contributed by atoms with Crippen molar-refractivity contribution in [1.29, 1.82) is 0 Å². The van der Waals surface area contributed by atoms with Crippen molar-refractivity contribution in [2.45, 2.75) is 13.8 Å². The first-order valence-corrected chi connectivity index (χ1v) is 4.71. The molecule has 0 radical (unpaired) electrons. The highest BCUT2D eigenvalue weighted by molar-refractivity contribution is 6.30. The van der Waals surface area contributed by atoms with Crippen molar-refractivity contribution in [2.75, 3.05) is 0 Å². The van der Waals surface area contributed by atoms with E-state index in [-0.39, 0.29) is 0 Å². The molecule has 14 heavy (non-hydrogen) atoms. The van der Waals surface area contributed by atoms with Gasteiger partial charge in [-0.15, -0.1) is 0 Å². The summed E-state index contributed by atoms with van der Waals surface area (Å²) in [5, 5.41) is 0.715. The van der Waals surface area contributed by atoms with Gasteiger partial charge in [0.05, 0.1) is 5.69 Å². The Labute approximate surface area is 89.1 Å². The fourth-order valence-electron chi connectivity index (χ4n) is 0.918. The predicted molar refractivity (Wildman–Crippen MR) is 62.2 cm³/mol. The molecule has 0 aliphatic rings. The van der Waals surface area contributed by atoms with Crippen molar-refractivity contribution in [1.82, 2.24) is 0 Å². The van der Waals surface area contributed by atoms with E-state index in [0.29, 0.717) is 5.02 Å². The van der Waals surface area contributed by atoms with Gasteiger partial charge in [-0.3, -0.25) is 4.99 Å². The van der Waals surface area contributed by atoms with Crippen LogP contribution < -0.4 is 5.73 Å². The Kier molecular flexibility index (Phi) is 3.72. The van der Waals surface area contributed by atoms with Crippen LogP contribution in [0.4, 0.5) is 5.69 Å². The maximum Gasteiger partial charge on any atom is 0.0633 e. The Hall–Kier alpha value is -1.28. The summed E-state index contributed by atoms with van der Waals surface area (Å²) in [7, 11) is 0. The van der Waals surface area contributed by atoms with Crippen LogP contribution in [0, 0.1) is 0 Å². The Morgan fingerprint density at radius 1 is 1.29 bits per heavy atom. The molecule has 0 amide bonds. The number of hydrogen-bond donors (Lipinski definition) is 1. The van der Waals surface area contributed by atoms with Crippen molar-refractivity contribution >= 4 is 23.0 Å². The van der Waals surface area contributed by atoms with Crippen LogP contribution in [0.1, 0.15) is 13.8 Å². The van der Waals surface area contributed by atoms with Gasteiger partial charge in [-0.1, -0.05) is 11.6 Å². The predicted octanol–water partition coefficient (Wildman–Crippen LogP) is 3.29. The van der Waals surface area contributed by atoms with Crippen LogP contribution in [0.3, 0.4) is 0 Å². The largest absolute Gasteiger partial charge is 0.404 e. The quantitative estimate of drug-likeness (QED) is 0.745. The number of hydrogen-bond acceptors (Lipinski definition) is 2. The molecular weight excluding hydrogens is 196 g/mol. The number of nitrogens with zero attached hydrogens (tertiary/aromatic N) is 1. The Morgan fingerprint density at radius 3 is 2.36 bits per heavy atom. The second-order valence-electron chi connectivity index (χ2n) is 3.02. The van der Waals surface area contributed by atoms with E-state index < -0.39 is 0 Å². The summed E-state index contributed by atoms with van der Waals surface area (Å²) in [6.45, 7) is 3.85. The Bertz CT molecular complexity index is 363. The zero-order valence-corrected chi connectivity index (χ0v) is 9.05. The van der Waals surface area contributed by atoms with E-state index in [4.69, 9.17) is 17.3 Å². The van der Waals surface area contributed by atoms with Gasteiger partial charge in [0.2, 0.25) is 0 Å². The molecule has 2 nitrogen and oxygen atoms in total. The van der Waals surface area contributed by atoms with E-state index in [0.717, 1.165) is 17.0 Å². The van der Waals surface area contributed by atoms with Crippen molar-refractivity contribution < 1.29 is 0 Å². The van der Waals surface area contributed by atoms with Gasteiger partial charge in [0.1, 0.15) is 0 Å². The third-order valence-corrected chi connectivity index (χ3v) is 2.20. The number of rotatable bonds is 2. The molecule has 0 bridgehead atoms. The smallest absolute Gasteiger partial charge is 0.0633 e. The van der Waals surface area contributed by atoms with Crippen LogP contribution in [-0.4, -0.2) is 5.71 Å². The lowest BCUT2D eigenvalue weighted by Crippen LogP contribution is -1.95. The molecule has 1 rings (SSSR count). The van der Waals surface area contributed by atoms with Crippen molar-refractivity contribution in [3.05, 3.63) is 41.1 Å². The summed E-state index contributed by atoms with van der Waals surface area (Å²) in [6.07, 6.45) is 1.55. The minimum Gasteiger partial charge on any atom is -0.404 e. The molecule has 0 unspecified atom stereocenters. The average Bonchev–Trinajstić information content (AvgIpc) is 2.20. The second-order valence-corrected chi connectivity index (χ2v) is 3.46. The molecular formula is C11H13ClN2. The molecule has 0 saturated carbocycles. The molecule has 1 aromatic carbocycles. The first kappa shape index (κ1) is 10.8. The first-order chi connectivity index (χ1) is 6.63. The molecule has 0 aliphatic carbocycles. The molecule has 0 fully saturated rings. The third-order valence-electron chi connectivity index (χ3n) is 1.94. The van der Waals surface area contributed by atoms with Gasteiger partial charge in [0.15, 0.2) is 0 Å². The summed E-state index contributed by atoms with van der Waals surface area (Å²) in [6, 6.07) is 7.37. The molecule has 0 saturated heterocycles. The molecule has 0 atom stereocenters. The lowest BCUT2D eigenvalue weighted by molar-refractivity contribution is 1.41. The molecule has 2 N–H and O–H groups in total. The minimum atomic E-state index is 0.715. The average molecular weight is 209 g/mol. The molecule has 0 aromatic heterocycles. The zero-order chi connectivity index (χ0) is 10.6. The van der Waals surface area contributed by atoms with Crippen molar-refractivity contribution in [3.63, 3.8) is 0 Å². The summed E-state index contributed by atoms with van der Waals surface area (Å²) >= 11 is 5.76. The molecule has 0 aliphatic heterocycles. The van der Waals surface area contributed by atoms with Gasteiger partial charge in [-0.05, 0) is 49.9 Å². The molecule has 0 spiro atoms. The van der Waals surface area contributed by atoms with E-state index >= 15 is 0 Å². The van der Waals surface area contributed by atoms with Gasteiger partial charge in [0, 0.05) is 10.7 Å². The van der Waals surface area contributed by atoms with Crippen LogP contribution >= 0.6 is 11.6 Å². The normalized spacial score (nSPS) is 13.1. The van der Waals surface area contributed by atoms with Crippen LogP contribution in [0.2, 0.25) is 5.02 Å². The van der Waals surface area contributed by atoms with Gasteiger partial charge >= 0.3 is 0 Å². The fraction of sp³-hybridized carbons (Fsp3) is 0.182. The highest BCUT2D eigenvalue weighted by Gasteiger charge is 1.94. The summed E-state index contributed by atoms with van der Waals surface area (Å²) in [5.41, 5.74) is 8.15. The van der Waals surface area contributed by atoms with Crippen LogP contribution in [0.5, 0.6) is 0 Å². The number of nitrogens with two attached hydrogens (primary N) is 1. The highest BCUT2D eigenvalue weighted by Crippen LogP contribution is 2.17. The van der Waals surface area contributed by atoms with Crippen LogP contribution in [0.15, 0.2) is 41.0 Å². The van der Waals surface area contributed by atoms with E-state index in [1.807, 2.05) is 38.1 Å². The lowest BCUT2D eigenvalue weighted by atomic mass is 10.2. The van der Waals surface area contributed by atoms with Gasteiger partial charge in [-0.2, -0.15) is 0 Å². The molecule has 3 heteroatoms. The zero-order valence-electron chi connectivity index (χ0n) is 8.29. The first-order valence-electron chi connectivity index (χ1n) is 4.33. The third kappa shape index (κ3) is 2.89. The summed E-state index contributed by atoms with van der Waals surface area (Å²) in [5.74, 6) is 0. The lowest BCUT2D eigenvalue weighted by Gasteiger charge is -1.99. The monoisotopic (exact) mass is 208 g/mol. The SMILES string of the molecule is CC(=Nc1ccc(Cl)cc1)/C(C)=C\N. The molecule has 1 aromatic rings. The highest BCUT2D eigenvalue weighted by atomic mass is 35.5. The van der Waals surface area contributed by atoms with Crippen LogP contribution in [-0.2, 0) is 0 Å². The van der Waals surface area contributed by atoms with E-state index in [1.54, 1.807) is 6.20 Å². The number of halogens is 1. The molecule has 0 heterocycles. The van der Waals surface area contributed by atoms with Crippen molar-refractivity contribution in [2.24, 2.45) is 10.7 Å². The standard InChI is InChI=1S/C11H13ClN2/c1-8(7-13)9(2)14-11-5-3-10(12)4-6-11/h3-7H,13H2,1-2H3/b8-7-,14-9?. The van der Waals surface area contributed by atoms with E-state index in [2.05, 4.69) is 4.99 Å². The number of allylic oxidation sites excluding steroid dienone is 1. The second kappa shape index (κ2) is 4.82. The Balaban J connectivity index is 2.92. The van der Waals surface area contributed by atoms with E-state index in [1.165, 1.54) is 0 Å². The van der Waals surface area contributed by atoms with Crippen molar-refractivity contribution in [3.8, 4) is 0 Å². The Morgan fingerprint density at radius 2 is 1.86 bits per heavy atom. The van der Waals surface area contributed by atoms with Crippen LogP contribution in [0.25, 0.3) is 0 Å². The minimum absolute atomic E-state index is 0.715. The van der Waals surface area contributed by atoms with Gasteiger partial charge in [0.25, 0.3) is 0 Å². The topological polar surface area (TPSA) is 38.4 Å². The van der Waals surface area contributed by atoms with E-state index in [9.17, 15) is 0 Å². The molecule has 74 valence electrons. The fourth-order valence-corrected chi connectivity index (χ4v) is 1.04. The summed E-state index contributed by atoms with van der Waals surface area (Å²) < 4.78 is 0. The number of aliphatic imine (C=N–C) groups is 1. The maximum absolute atomic E-state index is 5.76. The van der Waals surface area contributed by atoms with Gasteiger partial charge in [-0.25, -0.2) is 0 Å².